The van der Waals surface area contributed by atoms with E-state index in [1.165, 1.54) is 17.3 Å². The fraction of sp³-hybridized carbons (Fsp3) is 0.250. The molecule has 1 amide bonds. The average molecular weight is 367 g/mol. The third-order valence-electron chi connectivity index (χ3n) is 3.83. The lowest BCUT2D eigenvalue weighted by atomic mass is 10.0. The zero-order valence-electron chi connectivity index (χ0n) is 14.8. The summed E-state index contributed by atoms with van der Waals surface area (Å²) in [5.74, 6) is 1.13. The molecule has 2 aromatic carbocycles. The van der Waals surface area contributed by atoms with Gasteiger partial charge in [0.05, 0.1) is 12.2 Å². The van der Waals surface area contributed by atoms with E-state index in [-0.39, 0.29) is 11.7 Å². The number of nitrogens with zero attached hydrogens (tertiary/aromatic N) is 2. The van der Waals surface area contributed by atoms with Gasteiger partial charge in [0.15, 0.2) is 0 Å². The lowest BCUT2D eigenvalue weighted by Gasteiger charge is -2.07. The van der Waals surface area contributed by atoms with Crippen molar-refractivity contribution in [3.05, 3.63) is 71.6 Å². The van der Waals surface area contributed by atoms with Crippen molar-refractivity contribution in [2.24, 2.45) is 0 Å². The Kier molecular flexibility index (Phi) is 6.07. The van der Waals surface area contributed by atoms with Gasteiger partial charge in [-0.3, -0.25) is 4.79 Å². The van der Waals surface area contributed by atoms with Gasteiger partial charge in [-0.15, -0.1) is 10.2 Å². The number of nitrogens with one attached hydrogen (secondary N) is 1. The second-order valence-electron chi connectivity index (χ2n) is 6.24. The zero-order valence-corrected chi connectivity index (χ0v) is 15.6. The molecule has 0 saturated carbocycles. The molecule has 3 rings (SSSR count). The Hall–Kier alpha value is -2.60. The van der Waals surface area contributed by atoms with Crippen molar-refractivity contribution >= 4 is 23.4 Å². The first-order valence-corrected chi connectivity index (χ1v) is 9.47. The SMILES string of the molecule is CC(C)c1ccc(NC(=O)CSc2nnc(Cc3ccccc3)o2)cc1. The maximum Gasteiger partial charge on any atom is 0.277 e. The van der Waals surface area contributed by atoms with Crippen LogP contribution in [0.4, 0.5) is 5.69 Å². The summed E-state index contributed by atoms with van der Waals surface area (Å²) in [5.41, 5.74) is 3.14. The van der Waals surface area contributed by atoms with Crippen molar-refractivity contribution in [3.8, 4) is 0 Å². The number of amides is 1. The summed E-state index contributed by atoms with van der Waals surface area (Å²) in [5, 5.41) is 11.3. The number of hydrogen-bond acceptors (Lipinski definition) is 5. The molecule has 5 nitrogen and oxygen atoms in total. The first-order chi connectivity index (χ1) is 12.6. The van der Waals surface area contributed by atoms with Crippen LogP contribution >= 0.6 is 11.8 Å². The molecule has 0 unspecified atom stereocenters. The molecule has 1 aromatic heterocycles. The summed E-state index contributed by atoms with van der Waals surface area (Å²) in [4.78, 5) is 12.1. The summed E-state index contributed by atoms with van der Waals surface area (Å²) in [6.07, 6.45) is 0.586. The van der Waals surface area contributed by atoms with E-state index in [4.69, 9.17) is 4.42 Å². The van der Waals surface area contributed by atoms with Crippen molar-refractivity contribution in [2.45, 2.75) is 31.4 Å². The first-order valence-electron chi connectivity index (χ1n) is 8.49. The monoisotopic (exact) mass is 367 g/mol. The number of aromatic nitrogens is 2. The van der Waals surface area contributed by atoms with Crippen LogP contribution in [0.15, 0.2) is 64.2 Å². The molecule has 1 heterocycles. The number of carbonyl (C=O) groups excluding carboxylic acids is 1. The Morgan fingerprint density at radius 3 is 2.50 bits per heavy atom. The molecule has 0 saturated heterocycles. The van der Waals surface area contributed by atoms with E-state index in [0.29, 0.717) is 23.5 Å². The number of benzene rings is 2. The standard InChI is InChI=1S/C20H21N3O2S/c1-14(2)16-8-10-17(11-9-16)21-18(24)13-26-20-23-22-19(25-20)12-15-6-4-3-5-7-15/h3-11,14H,12-13H2,1-2H3,(H,21,24). The molecule has 0 spiro atoms. The van der Waals surface area contributed by atoms with E-state index in [0.717, 1.165) is 11.3 Å². The minimum absolute atomic E-state index is 0.102. The van der Waals surface area contributed by atoms with E-state index < -0.39 is 0 Å². The van der Waals surface area contributed by atoms with Crippen LogP contribution in [0.3, 0.4) is 0 Å². The predicted octanol–water partition coefficient (Wildman–Crippen LogP) is 4.51. The number of hydrogen-bond donors (Lipinski definition) is 1. The van der Waals surface area contributed by atoms with Crippen LogP contribution in [0.5, 0.6) is 0 Å². The largest absolute Gasteiger partial charge is 0.416 e. The van der Waals surface area contributed by atoms with Gasteiger partial charge in [-0.2, -0.15) is 0 Å². The second-order valence-corrected chi connectivity index (χ2v) is 7.16. The molecule has 3 aromatic rings. The van der Waals surface area contributed by atoms with Gasteiger partial charge in [-0.1, -0.05) is 68.1 Å². The molecule has 134 valence electrons. The predicted molar refractivity (Wildman–Crippen MR) is 103 cm³/mol. The Balaban J connectivity index is 1.48. The van der Waals surface area contributed by atoms with Crippen LogP contribution in [0, 0.1) is 0 Å². The average Bonchev–Trinajstić information content (AvgIpc) is 3.09. The van der Waals surface area contributed by atoms with E-state index in [9.17, 15) is 4.79 Å². The molecule has 0 bridgehead atoms. The van der Waals surface area contributed by atoms with Gasteiger partial charge in [-0.05, 0) is 29.2 Å². The highest BCUT2D eigenvalue weighted by atomic mass is 32.2. The minimum Gasteiger partial charge on any atom is -0.416 e. The van der Waals surface area contributed by atoms with Gasteiger partial charge in [0.1, 0.15) is 0 Å². The van der Waals surface area contributed by atoms with Crippen molar-refractivity contribution in [3.63, 3.8) is 0 Å². The highest BCUT2D eigenvalue weighted by molar-refractivity contribution is 7.99. The summed E-state index contributed by atoms with van der Waals surface area (Å²) >= 11 is 1.23. The van der Waals surface area contributed by atoms with Crippen LogP contribution in [0.2, 0.25) is 0 Å². The molecule has 0 aliphatic carbocycles. The molecule has 0 atom stereocenters. The Morgan fingerprint density at radius 2 is 1.81 bits per heavy atom. The normalized spacial score (nSPS) is 10.9. The van der Waals surface area contributed by atoms with E-state index >= 15 is 0 Å². The number of rotatable bonds is 7. The van der Waals surface area contributed by atoms with Crippen LogP contribution in [-0.2, 0) is 11.2 Å². The maximum atomic E-state index is 12.1. The lowest BCUT2D eigenvalue weighted by Crippen LogP contribution is -2.14. The first kappa shape index (κ1) is 18.2. The van der Waals surface area contributed by atoms with Gasteiger partial charge >= 0.3 is 0 Å². The fourth-order valence-corrected chi connectivity index (χ4v) is 2.99. The molecular formula is C20H21N3O2S. The smallest absolute Gasteiger partial charge is 0.277 e. The second kappa shape index (κ2) is 8.67. The van der Waals surface area contributed by atoms with Crippen LogP contribution in [0.1, 0.15) is 36.8 Å². The maximum absolute atomic E-state index is 12.1. The van der Waals surface area contributed by atoms with E-state index in [1.54, 1.807) is 0 Å². The number of carbonyl (C=O) groups is 1. The van der Waals surface area contributed by atoms with Gasteiger partial charge in [0.25, 0.3) is 5.22 Å². The van der Waals surface area contributed by atoms with Gasteiger partial charge < -0.3 is 9.73 Å². The van der Waals surface area contributed by atoms with Crippen molar-refractivity contribution in [2.75, 3.05) is 11.1 Å². The van der Waals surface area contributed by atoms with Crippen molar-refractivity contribution in [1.82, 2.24) is 10.2 Å². The topological polar surface area (TPSA) is 68.0 Å². The third-order valence-corrected chi connectivity index (χ3v) is 4.65. The third kappa shape index (κ3) is 5.20. The van der Waals surface area contributed by atoms with E-state index in [1.807, 2.05) is 54.6 Å². The summed E-state index contributed by atoms with van der Waals surface area (Å²) in [7, 11) is 0. The van der Waals surface area contributed by atoms with Crippen LogP contribution < -0.4 is 5.32 Å². The summed E-state index contributed by atoms with van der Waals surface area (Å²) in [6, 6.07) is 17.8. The molecule has 1 N–H and O–H groups in total. The lowest BCUT2D eigenvalue weighted by molar-refractivity contribution is -0.113. The molecule has 6 heteroatoms. The van der Waals surface area contributed by atoms with Crippen molar-refractivity contribution < 1.29 is 9.21 Å². The minimum atomic E-state index is -0.102. The number of anilines is 1. The number of thioether (sulfide) groups is 1. The quantitative estimate of drug-likeness (QED) is 0.622. The fourth-order valence-electron chi connectivity index (χ4n) is 2.41. The van der Waals surface area contributed by atoms with E-state index in [2.05, 4.69) is 29.4 Å². The zero-order chi connectivity index (χ0) is 18.4. The Labute approximate surface area is 157 Å². The molecule has 0 aliphatic rings. The van der Waals surface area contributed by atoms with Gasteiger partial charge in [0.2, 0.25) is 11.8 Å². The van der Waals surface area contributed by atoms with Gasteiger partial charge in [0, 0.05) is 5.69 Å². The Morgan fingerprint density at radius 1 is 1.08 bits per heavy atom. The van der Waals surface area contributed by atoms with Crippen LogP contribution in [0.25, 0.3) is 0 Å². The molecule has 0 fully saturated rings. The highest BCUT2D eigenvalue weighted by Gasteiger charge is 2.10. The highest BCUT2D eigenvalue weighted by Crippen LogP contribution is 2.20. The molecular weight excluding hydrogens is 346 g/mol. The molecule has 0 aliphatic heterocycles. The molecule has 0 radical (unpaired) electrons. The molecule has 26 heavy (non-hydrogen) atoms. The Bertz CT molecular complexity index is 845. The van der Waals surface area contributed by atoms with Gasteiger partial charge in [-0.25, -0.2) is 0 Å². The summed E-state index contributed by atoms with van der Waals surface area (Å²) < 4.78 is 5.59. The summed E-state index contributed by atoms with van der Waals surface area (Å²) in [6.45, 7) is 4.28. The van der Waals surface area contributed by atoms with Crippen molar-refractivity contribution in [1.29, 1.82) is 0 Å². The van der Waals surface area contributed by atoms with Crippen LogP contribution in [-0.4, -0.2) is 21.9 Å².